The van der Waals surface area contributed by atoms with Crippen LogP contribution in [-0.2, 0) is 11.3 Å². The van der Waals surface area contributed by atoms with Gasteiger partial charge in [0.1, 0.15) is 17.6 Å². The number of fused-ring (bicyclic) bond motifs is 1. The first-order valence-corrected chi connectivity index (χ1v) is 11.4. The lowest BCUT2D eigenvalue weighted by Gasteiger charge is -2.37. The first-order chi connectivity index (χ1) is 14.8. The van der Waals surface area contributed by atoms with E-state index in [1.807, 2.05) is 45.0 Å². The Kier molecular flexibility index (Phi) is 5.99. The Hall–Kier alpha value is -2.51. The molecule has 164 valence electrons. The molecular weight excluding hydrogens is 414 g/mol. The van der Waals surface area contributed by atoms with Gasteiger partial charge >= 0.3 is 0 Å². The van der Waals surface area contributed by atoms with Crippen LogP contribution >= 0.6 is 11.8 Å². The third-order valence-electron chi connectivity index (χ3n) is 6.19. The number of aliphatic hydroxyl groups excluding tert-OH is 1. The summed E-state index contributed by atoms with van der Waals surface area (Å²) < 4.78 is 12.2. The van der Waals surface area contributed by atoms with Gasteiger partial charge < -0.3 is 14.6 Å². The minimum absolute atomic E-state index is 0.156. The Morgan fingerprint density at radius 2 is 1.87 bits per heavy atom. The van der Waals surface area contributed by atoms with Crippen LogP contribution in [0.5, 0.6) is 11.5 Å². The zero-order valence-corrected chi connectivity index (χ0v) is 19.0. The van der Waals surface area contributed by atoms with E-state index >= 15 is 0 Å². The van der Waals surface area contributed by atoms with Crippen molar-refractivity contribution in [2.45, 2.75) is 46.4 Å². The summed E-state index contributed by atoms with van der Waals surface area (Å²) in [5, 5.41) is 10.9. The second-order valence-corrected chi connectivity index (χ2v) is 9.23. The second kappa shape index (κ2) is 8.55. The summed E-state index contributed by atoms with van der Waals surface area (Å²) in [5.41, 5.74) is 4.96. The van der Waals surface area contributed by atoms with Crippen LogP contribution in [0.3, 0.4) is 0 Å². The number of amides is 2. The van der Waals surface area contributed by atoms with Gasteiger partial charge in [-0.3, -0.25) is 14.5 Å². The molecule has 3 unspecified atom stereocenters. The monoisotopic (exact) mass is 441 g/mol. The van der Waals surface area contributed by atoms with E-state index in [4.69, 9.17) is 9.47 Å². The Balaban J connectivity index is 1.43. The Labute approximate surface area is 186 Å². The van der Waals surface area contributed by atoms with Crippen LogP contribution < -0.4 is 9.47 Å². The fraction of sp³-hybridized carbons (Fsp3) is 0.417. The number of aryl methyl sites for hydroxylation is 2. The van der Waals surface area contributed by atoms with Crippen molar-refractivity contribution in [2.75, 3.05) is 12.4 Å². The van der Waals surface area contributed by atoms with Gasteiger partial charge in [-0.05, 0) is 62.1 Å². The zero-order chi connectivity index (χ0) is 22.3. The molecule has 2 aliphatic heterocycles. The molecule has 4 rings (SSSR count). The highest BCUT2D eigenvalue weighted by Crippen LogP contribution is 2.43. The maximum atomic E-state index is 11.8. The molecule has 0 saturated carbocycles. The molecule has 0 bridgehead atoms. The Morgan fingerprint density at radius 3 is 2.52 bits per heavy atom. The molecule has 1 fully saturated rings. The first kappa shape index (κ1) is 21.7. The van der Waals surface area contributed by atoms with Crippen molar-refractivity contribution in [1.82, 2.24) is 4.90 Å². The van der Waals surface area contributed by atoms with Crippen LogP contribution in [0.1, 0.15) is 40.8 Å². The van der Waals surface area contributed by atoms with Gasteiger partial charge in [-0.2, -0.15) is 0 Å². The summed E-state index contributed by atoms with van der Waals surface area (Å²) in [6, 6.07) is 9.42. The summed E-state index contributed by atoms with van der Waals surface area (Å²) in [6.45, 7) is 8.62. The van der Waals surface area contributed by atoms with E-state index in [1.165, 1.54) is 4.90 Å². The summed E-state index contributed by atoms with van der Waals surface area (Å²) >= 11 is 1.04. The molecule has 6 nitrogen and oxygen atoms in total. The van der Waals surface area contributed by atoms with Crippen LogP contribution in [-0.4, -0.2) is 39.6 Å². The third-order valence-corrected chi connectivity index (χ3v) is 7.05. The van der Waals surface area contributed by atoms with Crippen LogP contribution in [0.4, 0.5) is 4.79 Å². The van der Waals surface area contributed by atoms with Crippen LogP contribution in [0.15, 0.2) is 30.3 Å². The van der Waals surface area contributed by atoms with Gasteiger partial charge in [-0.15, -0.1) is 0 Å². The predicted octanol–water partition coefficient (Wildman–Crippen LogP) is 4.32. The maximum absolute atomic E-state index is 11.8. The fourth-order valence-electron chi connectivity index (χ4n) is 4.16. The largest absolute Gasteiger partial charge is 0.493 e. The number of nitrogens with zero attached hydrogens (tertiary/aromatic N) is 1. The smallest absolute Gasteiger partial charge is 0.289 e. The van der Waals surface area contributed by atoms with Crippen molar-refractivity contribution in [3.63, 3.8) is 0 Å². The number of hydrogen-bond acceptors (Lipinski definition) is 6. The van der Waals surface area contributed by atoms with Gasteiger partial charge in [0.05, 0.1) is 30.9 Å². The van der Waals surface area contributed by atoms with Gasteiger partial charge in [0, 0.05) is 5.56 Å². The molecular formula is C24H27NO5S. The molecule has 2 aromatic rings. The number of benzene rings is 2. The molecule has 3 atom stereocenters. The Bertz CT molecular complexity index is 1000. The molecule has 0 spiro atoms. The Morgan fingerprint density at radius 1 is 1.16 bits per heavy atom. The van der Waals surface area contributed by atoms with Crippen molar-refractivity contribution >= 4 is 22.9 Å². The molecule has 0 aliphatic carbocycles. The highest BCUT2D eigenvalue weighted by molar-refractivity contribution is 8.14. The van der Waals surface area contributed by atoms with Gasteiger partial charge in [0.2, 0.25) is 5.91 Å². The molecule has 31 heavy (non-hydrogen) atoms. The first-order valence-electron chi connectivity index (χ1n) is 10.4. The van der Waals surface area contributed by atoms with E-state index < -0.39 is 6.10 Å². The molecule has 2 aromatic carbocycles. The highest BCUT2D eigenvalue weighted by Gasteiger charge is 2.37. The van der Waals surface area contributed by atoms with Crippen LogP contribution in [0.25, 0.3) is 0 Å². The molecule has 0 aromatic heterocycles. The minimum atomic E-state index is -0.665. The average Bonchev–Trinajstić information content (AvgIpc) is 3.04. The molecule has 7 heteroatoms. The molecule has 2 heterocycles. The molecule has 2 amide bonds. The molecule has 0 radical (unpaired) electrons. The van der Waals surface area contributed by atoms with E-state index in [0.29, 0.717) is 12.4 Å². The van der Waals surface area contributed by atoms with E-state index in [1.54, 1.807) is 0 Å². The molecule has 1 saturated heterocycles. The summed E-state index contributed by atoms with van der Waals surface area (Å²) in [6.07, 6.45) is -0.853. The van der Waals surface area contributed by atoms with Crippen molar-refractivity contribution in [2.24, 2.45) is 5.92 Å². The third kappa shape index (κ3) is 4.16. The normalized spacial score (nSPS) is 23.0. The summed E-state index contributed by atoms with van der Waals surface area (Å²) in [7, 11) is 0. The van der Waals surface area contributed by atoms with Crippen molar-refractivity contribution in [3.8, 4) is 11.5 Å². The minimum Gasteiger partial charge on any atom is -0.493 e. The summed E-state index contributed by atoms with van der Waals surface area (Å²) in [5.74, 6) is 1.31. The van der Waals surface area contributed by atoms with E-state index in [2.05, 4.69) is 13.0 Å². The number of imide groups is 1. The number of rotatable bonds is 5. The van der Waals surface area contributed by atoms with Gasteiger partial charge in [-0.1, -0.05) is 30.0 Å². The SMILES string of the molecule is Cc1cc(C)c2c(c1C)OC(C)C(COc1ccc(CN3C(=O)CSC3=O)cc1)C2O. The standard InChI is InChI=1S/C24H27NO5S/c1-13-9-14(2)21-22(27)19(16(4)30-23(21)15(13)3)11-29-18-7-5-17(6-8-18)10-25-20(26)12-31-24(25)28/h5-9,16,19,22,27H,10-12H2,1-4H3. The lowest BCUT2D eigenvalue weighted by Crippen LogP contribution is -2.38. The number of thioether (sulfide) groups is 1. The topological polar surface area (TPSA) is 76.1 Å². The van der Waals surface area contributed by atoms with Gasteiger partial charge in [0.25, 0.3) is 5.24 Å². The van der Waals surface area contributed by atoms with Crippen LogP contribution in [0.2, 0.25) is 0 Å². The van der Waals surface area contributed by atoms with E-state index in [0.717, 1.165) is 45.3 Å². The molecule has 1 N–H and O–H groups in total. The van der Waals surface area contributed by atoms with E-state index in [-0.39, 0.29) is 35.5 Å². The zero-order valence-electron chi connectivity index (χ0n) is 18.2. The van der Waals surface area contributed by atoms with Crippen LogP contribution in [0, 0.1) is 26.7 Å². The lowest BCUT2D eigenvalue weighted by molar-refractivity contribution is -0.125. The quantitative estimate of drug-likeness (QED) is 0.745. The predicted molar refractivity (Wildman–Crippen MR) is 120 cm³/mol. The van der Waals surface area contributed by atoms with Gasteiger partial charge in [0.15, 0.2) is 0 Å². The fourth-order valence-corrected chi connectivity index (χ4v) is 4.89. The number of carbonyl (C=O) groups is 2. The maximum Gasteiger partial charge on any atom is 0.289 e. The highest BCUT2D eigenvalue weighted by atomic mass is 32.2. The second-order valence-electron chi connectivity index (χ2n) is 8.30. The van der Waals surface area contributed by atoms with E-state index in [9.17, 15) is 14.7 Å². The molecule has 2 aliphatic rings. The van der Waals surface area contributed by atoms with Gasteiger partial charge in [-0.25, -0.2) is 0 Å². The summed E-state index contributed by atoms with van der Waals surface area (Å²) in [4.78, 5) is 24.8. The number of hydrogen-bond donors (Lipinski definition) is 1. The average molecular weight is 442 g/mol. The van der Waals surface area contributed by atoms with Crippen molar-refractivity contribution in [3.05, 3.63) is 58.1 Å². The van der Waals surface area contributed by atoms with Crippen molar-refractivity contribution < 1.29 is 24.2 Å². The number of carbonyl (C=O) groups excluding carboxylic acids is 2. The van der Waals surface area contributed by atoms with Crippen molar-refractivity contribution in [1.29, 1.82) is 0 Å². The number of ether oxygens (including phenoxy) is 2. The lowest BCUT2D eigenvalue weighted by atomic mass is 9.84. The number of aliphatic hydroxyl groups is 1.